The van der Waals surface area contributed by atoms with E-state index < -0.39 is 0 Å². The molecule has 0 saturated carbocycles. The quantitative estimate of drug-likeness (QED) is 0.826. The van der Waals surface area contributed by atoms with Crippen LogP contribution in [0.4, 0.5) is 0 Å². The Labute approximate surface area is 119 Å². The van der Waals surface area contributed by atoms with Crippen LogP contribution in [-0.4, -0.2) is 18.0 Å². The Morgan fingerprint density at radius 2 is 1.82 bits per heavy atom. The second-order valence-corrected chi connectivity index (χ2v) is 4.24. The van der Waals surface area contributed by atoms with Crippen LogP contribution < -0.4 is 0 Å². The van der Waals surface area contributed by atoms with Crippen LogP contribution in [0.25, 0.3) is 0 Å². The average Bonchev–Trinajstić information content (AvgIpc) is 2.29. The summed E-state index contributed by atoms with van der Waals surface area (Å²) in [5.41, 5.74) is 0.889. The van der Waals surface area contributed by atoms with Crippen molar-refractivity contribution in [2.24, 2.45) is 0 Å². The van der Waals surface area contributed by atoms with E-state index >= 15 is 0 Å². The van der Waals surface area contributed by atoms with Gasteiger partial charge in [0.25, 0.3) is 0 Å². The highest BCUT2D eigenvalue weighted by molar-refractivity contribution is 6.42. The number of hydrogen-bond acceptors (Lipinski definition) is 2. The first-order valence-corrected chi connectivity index (χ1v) is 5.98. The maximum atomic E-state index is 9.20. The maximum absolute atomic E-state index is 9.20. The molecule has 1 rings (SSSR count). The molecule has 0 radical (unpaired) electrons. The van der Waals surface area contributed by atoms with E-state index in [4.69, 9.17) is 23.2 Å². The van der Waals surface area contributed by atoms with E-state index in [1.165, 1.54) is 0 Å². The summed E-state index contributed by atoms with van der Waals surface area (Å²) in [5, 5.41) is 10.2. The number of halogens is 3. The molecule has 0 fully saturated rings. The van der Waals surface area contributed by atoms with Gasteiger partial charge in [-0.05, 0) is 30.8 Å². The molecule has 0 saturated heterocycles. The Bertz CT molecular complexity index is 397. The van der Waals surface area contributed by atoms with Crippen LogP contribution in [0.5, 0.6) is 0 Å². The minimum Gasteiger partial charge on any atom is -0.285 e. The number of rotatable bonds is 4. The molecule has 0 aromatic heterocycles. The van der Waals surface area contributed by atoms with E-state index in [9.17, 15) is 5.26 Å². The van der Waals surface area contributed by atoms with Crippen LogP contribution in [0.1, 0.15) is 25.5 Å². The van der Waals surface area contributed by atoms with Gasteiger partial charge in [0.15, 0.2) is 0 Å². The van der Waals surface area contributed by atoms with Gasteiger partial charge >= 0.3 is 0 Å². The van der Waals surface area contributed by atoms with Crippen molar-refractivity contribution in [1.82, 2.24) is 4.90 Å². The Kier molecular flexibility index (Phi) is 7.58. The Balaban J connectivity index is 0.00000256. The van der Waals surface area contributed by atoms with Gasteiger partial charge in [0.1, 0.15) is 6.04 Å². The summed E-state index contributed by atoms with van der Waals surface area (Å²) < 4.78 is 0. The first-order chi connectivity index (χ1) is 7.63. The van der Waals surface area contributed by atoms with E-state index in [-0.39, 0.29) is 18.4 Å². The lowest BCUT2D eigenvalue weighted by Crippen LogP contribution is -2.27. The van der Waals surface area contributed by atoms with Crippen molar-refractivity contribution in [3.8, 4) is 6.07 Å². The molecule has 1 aromatic rings. The van der Waals surface area contributed by atoms with Crippen LogP contribution in [0, 0.1) is 11.3 Å². The van der Waals surface area contributed by atoms with Gasteiger partial charge in [0.05, 0.1) is 16.1 Å². The van der Waals surface area contributed by atoms with E-state index in [1.807, 2.05) is 19.9 Å². The van der Waals surface area contributed by atoms with Crippen LogP contribution in [0.2, 0.25) is 10.0 Å². The summed E-state index contributed by atoms with van der Waals surface area (Å²) in [4.78, 5) is 2.07. The van der Waals surface area contributed by atoms with Gasteiger partial charge in [-0.1, -0.05) is 43.1 Å². The molecule has 0 N–H and O–H groups in total. The van der Waals surface area contributed by atoms with Gasteiger partial charge in [-0.3, -0.25) is 4.90 Å². The fourth-order valence-electron chi connectivity index (χ4n) is 1.64. The van der Waals surface area contributed by atoms with Gasteiger partial charge in [0, 0.05) is 0 Å². The van der Waals surface area contributed by atoms with Gasteiger partial charge < -0.3 is 0 Å². The number of nitrogens with zero attached hydrogens (tertiary/aromatic N) is 2. The van der Waals surface area contributed by atoms with E-state index in [2.05, 4.69) is 11.0 Å². The lowest BCUT2D eigenvalue weighted by Gasteiger charge is -2.24. The molecule has 0 amide bonds. The highest BCUT2D eigenvalue weighted by Crippen LogP contribution is 2.27. The molecular formula is C12H15Cl3N2. The van der Waals surface area contributed by atoms with Crippen LogP contribution >= 0.6 is 35.6 Å². The van der Waals surface area contributed by atoms with Crippen molar-refractivity contribution in [3.63, 3.8) is 0 Å². The summed E-state index contributed by atoms with van der Waals surface area (Å²) in [6.45, 7) is 5.72. The molecule has 0 spiro atoms. The lowest BCUT2D eigenvalue weighted by atomic mass is 10.1. The molecule has 1 aromatic carbocycles. The number of hydrogen-bond donors (Lipinski definition) is 0. The fourth-order valence-corrected chi connectivity index (χ4v) is 1.94. The monoisotopic (exact) mass is 292 g/mol. The molecule has 17 heavy (non-hydrogen) atoms. The topological polar surface area (TPSA) is 27.0 Å². The molecule has 0 bridgehead atoms. The number of nitriles is 1. The van der Waals surface area contributed by atoms with Crippen LogP contribution in [0.15, 0.2) is 18.2 Å². The molecule has 0 aliphatic carbocycles. The Hall–Kier alpha value is -0.460. The first kappa shape index (κ1) is 16.5. The summed E-state index contributed by atoms with van der Waals surface area (Å²) in [7, 11) is 0. The largest absolute Gasteiger partial charge is 0.285 e. The summed E-state index contributed by atoms with van der Waals surface area (Å²) >= 11 is 11.8. The van der Waals surface area contributed by atoms with Crippen molar-refractivity contribution in [2.75, 3.05) is 13.1 Å². The second kappa shape index (κ2) is 7.79. The van der Waals surface area contributed by atoms with E-state index in [0.29, 0.717) is 10.0 Å². The maximum Gasteiger partial charge on any atom is 0.123 e. The van der Waals surface area contributed by atoms with Crippen molar-refractivity contribution >= 4 is 35.6 Å². The number of benzene rings is 1. The molecule has 0 aliphatic rings. The Morgan fingerprint density at radius 1 is 1.24 bits per heavy atom. The zero-order valence-electron chi connectivity index (χ0n) is 9.78. The van der Waals surface area contributed by atoms with Gasteiger partial charge in [-0.15, -0.1) is 12.4 Å². The van der Waals surface area contributed by atoms with Gasteiger partial charge in [-0.2, -0.15) is 5.26 Å². The van der Waals surface area contributed by atoms with Crippen molar-refractivity contribution in [2.45, 2.75) is 19.9 Å². The molecule has 5 heteroatoms. The van der Waals surface area contributed by atoms with Crippen LogP contribution in [-0.2, 0) is 0 Å². The molecule has 0 aliphatic heterocycles. The lowest BCUT2D eigenvalue weighted by molar-refractivity contribution is 0.262. The smallest absolute Gasteiger partial charge is 0.123 e. The predicted octanol–water partition coefficient (Wildman–Crippen LogP) is 4.32. The summed E-state index contributed by atoms with van der Waals surface area (Å²) in [5.74, 6) is 0. The minimum absolute atomic E-state index is 0. The van der Waals surface area contributed by atoms with E-state index in [0.717, 1.165) is 18.7 Å². The van der Waals surface area contributed by atoms with Crippen LogP contribution in [0.3, 0.4) is 0 Å². The highest BCUT2D eigenvalue weighted by Gasteiger charge is 2.17. The third-order valence-electron chi connectivity index (χ3n) is 2.56. The predicted molar refractivity (Wildman–Crippen MR) is 75.0 cm³/mol. The normalized spacial score (nSPS) is 11.8. The van der Waals surface area contributed by atoms with Crippen molar-refractivity contribution in [1.29, 1.82) is 5.26 Å². The molecule has 1 unspecified atom stereocenters. The SMILES string of the molecule is CCN(CC)C(C#N)c1ccc(Cl)c(Cl)c1.Cl. The molecule has 2 nitrogen and oxygen atoms in total. The standard InChI is InChI=1S/C12H14Cl2N2.ClH/c1-3-16(4-2)12(8-15)9-5-6-10(13)11(14)7-9;/h5-7,12H,3-4H2,1-2H3;1H. The van der Waals surface area contributed by atoms with Crippen molar-refractivity contribution in [3.05, 3.63) is 33.8 Å². The fraction of sp³-hybridized carbons (Fsp3) is 0.417. The molecular weight excluding hydrogens is 279 g/mol. The van der Waals surface area contributed by atoms with Gasteiger partial charge in [0.2, 0.25) is 0 Å². The summed E-state index contributed by atoms with van der Waals surface area (Å²) in [6, 6.07) is 7.37. The summed E-state index contributed by atoms with van der Waals surface area (Å²) in [6.07, 6.45) is 0. The Morgan fingerprint density at radius 3 is 2.24 bits per heavy atom. The third kappa shape index (κ3) is 4.04. The van der Waals surface area contributed by atoms with E-state index in [1.54, 1.807) is 12.1 Å². The second-order valence-electron chi connectivity index (χ2n) is 3.43. The minimum atomic E-state index is -0.259. The first-order valence-electron chi connectivity index (χ1n) is 5.22. The van der Waals surface area contributed by atoms with Gasteiger partial charge in [-0.25, -0.2) is 0 Å². The highest BCUT2D eigenvalue weighted by atomic mass is 35.5. The zero-order chi connectivity index (χ0) is 12.1. The molecule has 94 valence electrons. The van der Waals surface area contributed by atoms with Crippen molar-refractivity contribution < 1.29 is 0 Å². The third-order valence-corrected chi connectivity index (χ3v) is 3.30. The molecule has 1 atom stereocenters. The average molecular weight is 294 g/mol. The zero-order valence-corrected chi connectivity index (χ0v) is 12.1. The molecule has 0 heterocycles.